The summed E-state index contributed by atoms with van der Waals surface area (Å²) in [4.78, 5) is 4.15. The second-order valence-corrected chi connectivity index (χ2v) is 7.99. The zero-order valence-electron chi connectivity index (χ0n) is 13.5. The lowest BCUT2D eigenvalue weighted by atomic mass is 10.00. The van der Waals surface area contributed by atoms with Crippen molar-refractivity contribution in [2.45, 2.75) is 31.2 Å². The van der Waals surface area contributed by atoms with Gasteiger partial charge in [0.1, 0.15) is 12.7 Å². The Morgan fingerprint density at radius 2 is 2.25 bits per heavy atom. The Kier molecular flexibility index (Phi) is 4.64. The topological polar surface area (TPSA) is 91.9 Å². The van der Waals surface area contributed by atoms with E-state index in [9.17, 15) is 8.42 Å². The molecule has 8 heteroatoms. The molecule has 2 heterocycles. The number of rotatable bonds is 4. The number of nitrogens with zero attached hydrogens (tertiary/aromatic N) is 5. The van der Waals surface area contributed by atoms with Gasteiger partial charge in [-0.3, -0.25) is 4.68 Å². The van der Waals surface area contributed by atoms with E-state index in [4.69, 9.17) is 5.26 Å². The Morgan fingerprint density at radius 1 is 1.42 bits per heavy atom. The van der Waals surface area contributed by atoms with E-state index in [-0.39, 0.29) is 10.8 Å². The van der Waals surface area contributed by atoms with Gasteiger partial charge in [-0.1, -0.05) is 6.07 Å². The molecule has 0 spiro atoms. The average Bonchev–Trinajstić information content (AvgIpc) is 3.08. The van der Waals surface area contributed by atoms with E-state index < -0.39 is 10.0 Å². The van der Waals surface area contributed by atoms with Crippen molar-refractivity contribution < 1.29 is 8.42 Å². The third-order valence-corrected chi connectivity index (χ3v) is 6.34. The molecule has 126 valence electrons. The molecule has 1 aliphatic heterocycles. The maximum Gasteiger partial charge on any atom is 0.243 e. The summed E-state index contributed by atoms with van der Waals surface area (Å²) in [5, 5.41) is 13.1. The summed E-state index contributed by atoms with van der Waals surface area (Å²) in [6.07, 6.45) is 4.90. The summed E-state index contributed by atoms with van der Waals surface area (Å²) in [5.41, 5.74) is 1.02. The maximum atomic E-state index is 13.0. The van der Waals surface area contributed by atoms with E-state index >= 15 is 0 Å². The first kappa shape index (κ1) is 16.6. The van der Waals surface area contributed by atoms with Gasteiger partial charge in [-0.15, -0.1) is 0 Å². The molecular formula is C16H19N5O2S. The van der Waals surface area contributed by atoms with Crippen molar-refractivity contribution in [2.75, 3.05) is 13.1 Å². The predicted octanol–water partition coefficient (Wildman–Crippen LogP) is 1.56. The molecule has 1 aliphatic rings. The van der Waals surface area contributed by atoms with Crippen molar-refractivity contribution in [2.24, 2.45) is 5.92 Å². The highest BCUT2D eigenvalue weighted by Gasteiger charge is 2.31. The smallest absolute Gasteiger partial charge is 0.243 e. The van der Waals surface area contributed by atoms with Gasteiger partial charge in [0, 0.05) is 19.6 Å². The monoisotopic (exact) mass is 345 g/mol. The summed E-state index contributed by atoms with van der Waals surface area (Å²) in [6.45, 7) is 3.37. The van der Waals surface area contributed by atoms with Gasteiger partial charge in [-0.05, 0) is 43.4 Å². The molecule has 0 radical (unpaired) electrons. The molecule has 0 aliphatic carbocycles. The highest BCUT2D eigenvalue weighted by molar-refractivity contribution is 7.89. The van der Waals surface area contributed by atoms with Crippen molar-refractivity contribution in [1.29, 1.82) is 5.26 Å². The third-order valence-electron chi connectivity index (χ3n) is 4.33. The minimum Gasteiger partial charge on any atom is -0.253 e. The lowest BCUT2D eigenvalue weighted by molar-refractivity contribution is 0.239. The standard InChI is InChI=1S/C16H19N5O2S/c1-13-4-5-14(8-17)7-16(13)24(22,23)21-6-2-3-15(10-21)9-20-12-18-11-19-20/h4-5,7,11-12,15H,2-3,6,9-10H2,1H3/t15-/m0/s1. The van der Waals surface area contributed by atoms with Gasteiger partial charge in [0.2, 0.25) is 10.0 Å². The van der Waals surface area contributed by atoms with Crippen molar-refractivity contribution >= 4 is 10.0 Å². The predicted molar refractivity (Wildman–Crippen MR) is 87.4 cm³/mol. The molecule has 1 fully saturated rings. The first-order valence-electron chi connectivity index (χ1n) is 7.84. The fraction of sp³-hybridized carbons (Fsp3) is 0.438. The molecule has 0 bridgehead atoms. The molecule has 3 rings (SSSR count). The molecule has 0 unspecified atom stereocenters. The second-order valence-electron chi connectivity index (χ2n) is 6.08. The number of nitriles is 1. The minimum atomic E-state index is -3.60. The van der Waals surface area contributed by atoms with Gasteiger partial charge in [0.25, 0.3) is 0 Å². The van der Waals surface area contributed by atoms with Crippen LogP contribution in [0.25, 0.3) is 0 Å². The molecule has 0 amide bonds. The van der Waals surface area contributed by atoms with E-state index in [1.54, 1.807) is 30.1 Å². The highest BCUT2D eigenvalue weighted by Crippen LogP contribution is 2.27. The summed E-state index contributed by atoms with van der Waals surface area (Å²) in [5.74, 6) is 0.203. The van der Waals surface area contributed by atoms with E-state index in [1.165, 1.54) is 16.7 Å². The Morgan fingerprint density at radius 3 is 2.96 bits per heavy atom. The Labute approximate surface area is 141 Å². The number of benzene rings is 1. The number of sulfonamides is 1. The Balaban J connectivity index is 1.83. The molecule has 1 aromatic heterocycles. The van der Waals surface area contributed by atoms with Crippen LogP contribution in [0.5, 0.6) is 0 Å². The van der Waals surface area contributed by atoms with Crippen LogP contribution in [0.4, 0.5) is 0 Å². The van der Waals surface area contributed by atoms with E-state index in [1.807, 2.05) is 6.07 Å². The van der Waals surface area contributed by atoms with Crippen LogP contribution in [0.15, 0.2) is 35.7 Å². The lowest BCUT2D eigenvalue weighted by Crippen LogP contribution is -2.41. The largest absolute Gasteiger partial charge is 0.253 e. The summed E-state index contributed by atoms with van der Waals surface area (Å²) in [6, 6.07) is 6.79. The summed E-state index contributed by atoms with van der Waals surface area (Å²) >= 11 is 0. The van der Waals surface area contributed by atoms with Crippen molar-refractivity contribution in [3.8, 4) is 6.07 Å². The first-order chi connectivity index (χ1) is 11.5. The minimum absolute atomic E-state index is 0.203. The Bertz CT molecular complexity index is 855. The molecular weight excluding hydrogens is 326 g/mol. The zero-order chi connectivity index (χ0) is 17.2. The van der Waals surface area contributed by atoms with Crippen LogP contribution in [0, 0.1) is 24.2 Å². The normalized spacial score (nSPS) is 19.1. The third kappa shape index (κ3) is 3.32. The van der Waals surface area contributed by atoms with Crippen LogP contribution in [-0.2, 0) is 16.6 Å². The highest BCUT2D eigenvalue weighted by atomic mass is 32.2. The maximum absolute atomic E-state index is 13.0. The van der Waals surface area contributed by atoms with Crippen LogP contribution >= 0.6 is 0 Å². The molecule has 2 aromatic rings. The van der Waals surface area contributed by atoms with Gasteiger partial charge in [0.05, 0.1) is 16.5 Å². The van der Waals surface area contributed by atoms with Gasteiger partial charge >= 0.3 is 0 Å². The van der Waals surface area contributed by atoms with Crippen molar-refractivity contribution in [3.05, 3.63) is 42.0 Å². The summed E-state index contributed by atoms with van der Waals surface area (Å²) < 4.78 is 29.3. The fourth-order valence-corrected chi connectivity index (χ4v) is 4.88. The fourth-order valence-electron chi connectivity index (χ4n) is 3.07. The second kappa shape index (κ2) is 6.71. The summed E-state index contributed by atoms with van der Waals surface area (Å²) in [7, 11) is -3.60. The molecule has 7 nitrogen and oxygen atoms in total. The van der Waals surface area contributed by atoms with E-state index in [0.717, 1.165) is 12.8 Å². The molecule has 1 aromatic carbocycles. The molecule has 1 saturated heterocycles. The number of hydrogen-bond acceptors (Lipinski definition) is 5. The quantitative estimate of drug-likeness (QED) is 0.838. The molecule has 24 heavy (non-hydrogen) atoms. The SMILES string of the molecule is Cc1ccc(C#N)cc1S(=O)(=O)N1CCC[C@@H](Cn2cncn2)C1. The molecule has 0 saturated carbocycles. The van der Waals surface area contributed by atoms with Crippen LogP contribution in [-0.4, -0.2) is 40.6 Å². The van der Waals surface area contributed by atoms with Gasteiger partial charge in [-0.2, -0.15) is 14.7 Å². The van der Waals surface area contributed by atoms with E-state index in [0.29, 0.717) is 30.8 Å². The van der Waals surface area contributed by atoms with Gasteiger partial charge in [-0.25, -0.2) is 13.4 Å². The number of hydrogen-bond donors (Lipinski definition) is 0. The van der Waals surface area contributed by atoms with Crippen LogP contribution in [0.2, 0.25) is 0 Å². The van der Waals surface area contributed by atoms with Crippen LogP contribution in [0.3, 0.4) is 0 Å². The molecule has 0 N–H and O–H groups in total. The number of aromatic nitrogens is 3. The van der Waals surface area contributed by atoms with Crippen molar-refractivity contribution in [1.82, 2.24) is 19.1 Å². The lowest BCUT2D eigenvalue weighted by Gasteiger charge is -2.32. The van der Waals surface area contributed by atoms with Crippen LogP contribution < -0.4 is 0 Å². The zero-order valence-corrected chi connectivity index (χ0v) is 14.3. The number of piperidine rings is 1. The van der Waals surface area contributed by atoms with Crippen LogP contribution in [0.1, 0.15) is 24.0 Å². The average molecular weight is 345 g/mol. The number of aryl methyl sites for hydroxylation is 1. The molecule has 1 atom stereocenters. The first-order valence-corrected chi connectivity index (χ1v) is 9.28. The van der Waals surface area contributed by atoms with Gasteiger partial charge in [0.15, 0.2) is 0 Å². The Hall–Kier alpha value is -2.24. The van der Waals surface area contributed by atoms with Gasteiger partial charge < -0.3 is 0 Å². The van der Waals surface area contributed by atoms with Crippen molar-refractivity contribution in [3.63, 3.8) is 0 Å². The van der Waals surface area contributed by atoms with E-state index in [2.05, 4.69) is 10.1 Å².